The molecule has 1 aromatic rings. The summed E-state index contributed by atoms with van der Waals surface area (Å²) in [5, 5.41) is 3.09. The van der Waals surface area contributed by atoms with Crippen molar-refractivity contribution < 1.29 is 13.5 Å². The molecule has 1 aliphatic heterocycles. The third-order valence-electron chi connectivity index (χ3n) is 3.43. The third kappa shape index (κ3) is 4.83. The highest BCUT2D eigenvalue weighted by Crippen LogP contribution is 2.27. The minimum absolute atomic E-state index is 0.123. The van der Waals surface area contributed by atoms with Gasteiger partial charge in [-0.25, -0.2) is 8.78 Å². The SMILES string of the molecule is COCCNCc1cc(F)c(N2CCCSCC2)c(F)c1. The van der Waals surface area contributed by atoms with Crippen LogP contribution in [0.5, 0.6) is 0 Å². The largest absolute Gasteiger partial charge is 0.383 e. The summed E-state index contributed by atoms with van der Waals surface area (Å²) in [6, 6.07) is 2.85. The number of hydrogen-bond acceptors (Lipinski definition) is 4. The lowest BCUT2D eigenvalue weighted by molar-refractivity contribution is 0.199. The van der Waals surface area contributed by atoms with Crippen LogP contribution >= 0.6 is 11.8 Å². The molecule has 21 heavy (non-hydrogen) atoms. The van der Waals surface area contributed by atoms with Crippen molar-refractivity contribution in [3.8, 4) is 0 Å². The van der Waals surface area contributed by atoms with Crippen LogP contribution in [0, 0.1) is 11.6 Å². The first kappa shape index (κ1) is 16.5. The maximum absolute atomic E-state index is 14.3. The second kappa shape index (κ2) is 8.56. The molecule has 1 N–H and O–H groups in total. The summed E-state index contributed by atoms with van der Waals surface area (Å²) in [7, 11) is 1.62. The Morgan fingerprint density at radius 1 is 1.24 bits per heavy atom. The van der Waals surface area contributed by atoms with Crippen LogP contribution in [0.15, 0.2) is 12.1 Å². The number of ether oxygens (including phenoxy) is 1. The summed E-state index contributed by atoms with van der Waals surface area (Å²) in [4.78, 5) is 1.83. The van der Waals surface area contributed by atoms with E-state index in [-0.39, 0.29) is 5.69 Å². The minimum atomic E-state index is -0.467. The van der Waals surface area contributed by atoms with Gasteiger partial charge in [-0.1, -0.05) is 0 Å². The molecule has 3 nitrogen and oxygen atoms in total. The zero-order valence-corrected chi connectivity index (χ0v) is 13.1. The maximum atomic E-state index is 14.3. The van der Waals surface area contributed by atoms with Crippen molar-refractivity contribution in [2.24, 2.45) is 0 Å². The van der Waals surface area contributed by atoms with Crippen LogP contribution in [0.1, 0.15) is 12.0 Å². The average molecular weight is 316 g/mol. The van der Waals surface area contributed by atoms with Crippen molar-refractivity contribution in [1.82, 2.24) is 5.32 Å². The first-order chi connectivity index (χ1) is 10.2. The summed E-state index contributed by atoms with van der Waals surface area (Å²) in [5.41, 5.74) is 0.743. The third-order valence-corrected chi connectivity index (χ3v) is 4.48. The van der Waals surface area contributed by atoms with Crippen molar-refractivity contribution >= 4 is 17.4 Å². The van der Waals surface area contributed by atoms with Gasteiger partial charge in [0.25, 0.3) is 0 Å². The fourth-order valence-corrected chi connectivity index (χ4v) is 3.29. The van der Waals surface area contributed by atoms with Crippen molar-refractivity contribution in [2.45, 2.75) is 13.0 Å². The number of methoxy groups -OCH3 is 1. The predicted octanol–water partition coefficient (Wildman–Crippen LogP) is 2.64. The first-order valence-electron chi connectivity index (χ1n) is 7.22. The highest BCUT2D eigenvalue weighted by Gasteiger charge is 2.19. The second-order valence-corrected chi connectivity index (χ2v) is 6.26. The number of hydrogen-bond donors (Lipinski definition) is 1. The summed E-state index contributed by atoms with van der Waals surface area (Å²) >= 11 is 1.84. The molecule has 1 saturated heterocycles. The zero-order chi connectivity index (χ0) is 15.1. The van der Waals surface area contributed by atoms with Gasteiger partial charge in [0.2, 0.25) is 0 Å². The fraction of sp³-hybridized carbons (Fsp3) is 0.600. The molecule has 0 atom stereocenters. The number of benzene rings is 1. The van der Waals surface area contributed by atoms with E-state index in [1.54, 1.807) is 7.11 Å². The van der Waals surface area contributed by atoms with E-state index >= 15 is 0 Å². The lowest BCUT2D eigenvalue weighted by atomic mass is 10.1. The molecule has 0 amide bonds. The molecule has 0 unspecified atom stereocenters. The minimum Gasteiger partial charge on any atom is -0.383 e. The summed E-state index contributed by atoms with van der Waals surface area (Å²) in [5.74, 6) is 1.04. The van der Waals surface area contributed by atoms with E-state index in [1.807, 2.05) is 16.7 Å². The van der Waals surface area contributed by atoms with Crippen molar-refractivity contribution in [3.05, 3.63) is 29.3 Å². The Morgan fingerprint density at radius 2 is 2.00 bits per heavy atom. The molecule has 0 spiro atoms. The molecule has 1 aromatic carbocycles. The molecule has 0 aromatic heterocycles. The van der Waals surface area contributed by atoms with Crippen LogP contribution in [-0.2, 0) is 11.3 Å². The van der Waals surface area contributed by atoms with Gasteiger partial charge in [0.05, 0.1) is 6.61 Å². The molecule has 1 fully saturated rings. The first-order valence-corrected chi connectivity index (χ1v) is 8.38. The Hall–Kier alpha value is -0.850. The van der Waals surface area contributed by atoms with Gasteiger partial charge in [0.15, 0.2) is 0 Å². The fourth-order valence-electron chi connectivity index (χ4n) is 2.40. The molecule has 1 aliphatic rings. The standard InChI is InChI=1S/C15H22F2N2OS/c1-20-6-3-18-11-12-9-13(16)15(14(17)10-12)19-4-2-7-21-8-5-19/h9-10,18H,2-8,11H2,1H3. The quantitative estimate of drug-likeness (QED) is 0.816. The molecule has 6 heteroatoms. The van der Waals surface area contributed by atoms with E-state index in [0.717, 1.165) is 17.9 Å². The lowest BCUT2D eigenvalue weighted by Gasteiger charge is -2.23. The number of anilines is 1. The predicted molar refractivity (Wildman–Crippen MR) is 84.1 cm³/mol. The maximum Gasteiger partial charge on any atom is 0.149 e. The smallest absolute Gasteiger partial charge is 0.149 e. The van der Waals surface area contributed by atoms with E-state index in [2.05, 4.69) is 5.32 Å². The monoisotopic (exact) mass is 316 g/mol. The van der Waals surface area contributed by atoms with E-state index in [1.165, 1.54) is 12.1 Å². The molecule has 0 saturated carbocycles. The van der Waals surface area contributed by atoms with Gasteiger partial charge in [0, 0.05) is 39.0 Å². The van der Waals surface area contributed by atoms with Gasteiger partial charge in [-0.05, 0) is 29.9 Å². The molecule has 0 radical (unpaired) electrons. The average Bonchev–Trinajstić information content (AvgIpc) is 2.72. The van der Waals surface area contributed by atoms with Crippen LogP contribution in [-0.4, -0.2) is 44.9 Å². The molecule has 0 bridgehead atoms. The van der Waals surface area contributed by atoms with E-state index in [0.29, 0.717) is 38.3 Å². The second-order valence-electron chi connectivity index (χ2n) is 5.03. The van der Waals surface area contributed by atoms with Gasteiger partial charge < -0.3 is 15.0 Å². The van der Waals surface area contributed by atoms with E-state index in [4.69, 9.17) is 4.74 Å². The van der Waals surface area contributed by atoms with Gasteiger partial charge >= 0.3 is 0 Å². The molecule has 1 heterocycles. The van der Waals surface area contributed by atoms with Crippen LogP contribution in [0.25, 0.3) is 0 Å². The van der Waals surface area contributed by atoms with Crippen molar-refractivity contribution in [3.63, 3.8) is 0 Å². The summed E-state index contributed by atoms with van der Waals surface area (Å²) < 4.78 is 33.4. The zero-order valence-electron chi connectivity index (χ0n) is 12.3. The highest BCUT2D eigenvalue weighted by molar-refractivity contribution is 7.99. The Bertz CT molecular complexity index is 428. The number of rotatable bonds is 6. The molecular weight excluding hydrogens is 294 g/mol. The van der Waals surface area contributed by atoms with Gasteiger partial charge in [-0.2, -0.15) is 11.8 Å². The lowest BCUT2D eigenvalue weighted by Crippen LogP contribution is -2.27. The van der Waals surface area contributed by atoms with E-state index < -0.39 is 11.6 Å². The Labute approximate surface area is 129 Å². The Morgan fingerprint density at radius 3 is 2.71 bits per heavy atom. The molecule has 2 rings (SSSR count). The Balaban J connectivity index is 2.05. The van der Waals surface area contributed by atoms with Gasteiger partial charge in [0.1, 0.15) is 17.3 Å². The number of halogens is 2. The van der Waals surface area contributed by atoms with Crippen LogP contribution in [0.4, 0.5) is 14.5 Å². The molecule has 118 valence electrons. The number of nitrogens with one attached hydrogen (secondary N) is 1. The topological polar surface area (TPSA) is 24.5 Å². The molecular formula is C15H22F2N2OS. The van der Waals surface area contributed by atoms with Crippen molar-refractivity contribution in [2.75, 3.05) is 49.8 Å². The van der Waals surface area contributed by atoms with Gasteiger partial charge in [-0.3, -0.25) is 0 Å². The van der Waals surface area contributed by atoms with Crippen LogP contribution in [0.3, 0.4) is 0 Å². The van der Waals surface area contributed by atoms with Crippen LogP contribution in [0.2, 0.25) is 0 Å². The number of nitrogens with zero attached hydrogens (tertiary/aromatic N) is 1. The van der Waals surface area contributed by atoms with E-state index in [9.17, 15) is 8.78 Å². The molecule has 0 aliphatic carbocycles. The van der Waals surface area contributed by atoms with Crippen LogP contribution < -0.4 is 10.2 Å². The number of thioether (sulfide) groups is 1. The van der Waals surface area contributed by atoms with Gasteiger partial charge in [-0.15, -0.1) is 0 Å². The highest BCUT2D eigenvalue weighted by atomic mass is 32.2. The van der Waals surface area contributed by atoms with Crippen molar-refractivity contribution in [1.29, 1.82) is 0 Å². The Kier molecular flexibility index (Phi) is 6.73. The summed E-state index contributed by atoms with van der Waals surface area (Å²) in [6.45, 7) is 3.09. The summed E-state index contributed by atoms with van der Waals surface area (Å²) in [6.07, 6.45) is 0.962. The normalized spacial score (nSPS) is 16.0.